The van der Waals surface area contributed by atoms with E-state index in [1.807, 2.05) is 24.3 Å². The Labute approximate surface area is 250 Å². The van der Waals surface area contributed by atoms with Crippen LogP contribution < -0.4 is 0 Å². The summed E-state index contributed by atoms with van der Waals surface area (Å²) in [4.78, 5) is 24.8. The molecule has 2 aliphatic heterocycles. The summed E-state index contributed by atoms with van der Waals surface area (Å²) in [6.45, 7) is 4.78. The molecule has 7 heteroatoms. The van der Waals surface area contributed by atoms with Gasteiger partial charge in [0.1, 0.15) is 0 Å². The Morgan fingerprint density at radius 1 is 0.690 bits per heavy atom. The second kappa shape index (κ2) is 15.1. The van der Waals surface area contributed by atoms with E-state index in [0.717, 1.165) is 29.2 Å². The van der Waals surface area contributed by atoms with Crippen LogP contribution in [0.5, 0.6) is 0 Å². The Morgan fingerprint density at radius 2 is 1.19 bits per heavy atom. The molecule has 0 amide bonds. The largest absolute Gasteiger partial charge is 0.464 e. The van der Waals surface area contributed by atoms with Gasteiger partial charge in [-0.2, -0.15) is 0 Å². The van der Waals surface area contributed by atoms with Crippen LogP contribution in [0.2, 0.25) is 0 Å². The van der Waals surface area contributed by atoms with Crippen LogP contribution >= 0.6 is 0 Å². The van der Waals surface area contributed by atoms with Gasteiger partial charge in [-0.3, -0.25) is 0 Å². The predicted octanol–water partition coefficient (Wildman–Crippen LogP) is 7.28. The first-order valence-electron chi connectivity index (χ1n) is 16.0. The molecular formula is C35H46O7. The molecule has 1 saturated carbocycles. The molecule has 0 N–H and O–H groups in total. The van der Waals surface area contributed by atoms with Crippen molar-refractivity contribution in [3.8, 4) is 11.1 Å². The number of esters is 2. The van der Waals surface area contributed by atoms with E-state index in [0.29, 0.717) is 12.0 Å². The average Bonchev–Trinajstić information content (AvgIpc) is 3.74. The fourth-order valence-electron chi connectivity index (χ4n) is 6.36. The minimum absolute atomic E-state index is 0.185. The predicted molar refractivity (Wildman–Crippen MR) is 160 cm³/mol. The summed E-state index contributed by atoms with van der Waals surface area (Å²) >= 11 is 0. The third kappa shape index (κ3) is 8.21. The van der Waals surface area contributed by atoms with Gasteiger partial charge in [-0.25, -0.2) is 9.59 Å². The molecule has 0 spiro atoms. The smallest absolute Gasteiger partial charge is 0.338 e. The fraction of sp³-hybridized carbons (Fsp3) is 0.600. The van der Waals surface area contributed by atoms with Gasteiger partial charge < -0.3 is 23.7 Å². The van der Waals surface area contributed by atoms with Gasteiger partial charge >= 0.3 is 11.9 Å². The molecule has 1 aliphatic carbocycles. The van der Waals surface area contributed by atoms with Gasteiger partial charge in [0, 0.05) is 5.56 Å². The number of carbonyl (C=O) groups excluding carboxylic acids is 2. The second-order valence-corrected chi connectivity index (χ2v) is 11.9. The van der Waals surface area contributed by atoms with Crippen molar-refractivity contribution in [3.63, 3.8) is 0 Å². The Kier molecular flexibility index (Phi) is 11.1. The maximum absolute atomic E-state index is 12.4. The lowest BCUT2D eigenvalue weighted by Crippen LogP contribution is -2.39. The molecule has 228 valence electrons. The summed E-state index contributed by atoms with van der Waals surface area (Å²) in [6.07, 6.45) is 10.8. The number of epoxide rings is 1. The minimum atomic E-state index is -1.16. The highest BCUT2D eigenvalue weighted by Gasteiger charge is 2.47. The number of hydrogen-bond acceptors (Lipinski definition) is 7. The first-order chi connectivity index (χ1) is 20.6. The summed E-state index contributed by atoms with van der Waals surface area (Å²) in [5.41, 5.74) is 4.40. The number of benzene rings is 2. The van der Waals surface area contributed by atoms with Gasteiger partial charge in [0.25, 0.3) is 0 Å². The third-order valence-electron chi connectivity index (χ3n) is 8.89. The van der Waals surface area contributed by atoms with Crippen LogP contribution in [-0.2, 0) is 33.3 Å². The van der Waals surface area contributed by atoms with Crippen molar-refractivity contribution in [3.05, 3.63) is 59.7 Å². The van der Waals surface area contributed by atoms with Gasteiger partial charge in [0.15, 0.2) is 18.5 Å². The maximum atomic E-state index is 12.4. The topological polar surface area (TPSA) is 83.6 Å². The lowest BCUT2D eigenvalue weighted by molar-refractivity contribution is -0.163. The number of hydrogen-bond donors (Lipinski definition) is 0. The van der Waals surface area contributed by atoms with Gasteiger partial charge in [0.05, 0.1) is 25.9 Å². The van der Waals surface area contributed by atoms with Crippen LogP contribution in [0.3, 0.4) is 0 Å². The molecule has 2 aromatic carbocycles. The molecule has 5 rings (SSSR count). The van der Waals surface area contributed by atoms with Crippen molar-refractivity contribution < 1.29 is 33.3 Å². The highest BCUT2D eigenvalue weighted by atomic mass is 16.8. The molecule has 2 heterocycles. The van der Waals surface area contributed by atoms with E-state index in [-0.39, 0.29) is 13.2 Å². The summed E-state index contributed by atoms with van der Waals surface area (Å²) in [6, 6.07) is 16.8. The number of rotatable bonds is 14. The van der Waals surface area contributed by atoms with Crippen LogP contribution in [0.25, 0.3) is 11.1 Å². The van der Waals surface area contributed by atoms with Crippen molar-refractivity contribution in [2.24, 2.45) is 5.92 Å². The summed E-state index contributed by atoms with van der Waals surface area (Å²) in [7, 11) is 0. The molecule has 7 nitrogen and oxygen atoms in total. The Morgan fingerprint density at radius 3 is 1.69 bits per heavy atom. The maximum Gasteiger partial charge on any atom is 0.338 e. The second-order valence-electron chi connectivity index (χ2n) is 11.9. The van der Waals surface area contributed by atoms with Gasteiger partial charge in [-0.05, 0) is 74.5 Å². The van der Waals surface area contributed by atoms with Crippen molar-refractivity contribution in [1.82, 2.24) is 0 Å². The van der Waals surface area contributed by atoms with E-state index < -0.39 is 30.4 Å². The molecule has 42 heavy (non-hydrogen) atoms. The van der Waals surface area contributed by atoms with E-state index in [1.165, 1.54) is 69.8 Å². The lowest BCUT2D eigenvalue weighted by atomic mass is 9.77. The van der Waals surface area contributed by atoms with E-state index in [1.54, 1.807) is 13.8 Å². The van der Waals surface area contributed by atoms with E-state index >= 15 is 0 Å². The van der Waals surface area contributed by atoms with Crippen LogP contribution in [0.1, 0.15) is 101 Å². The lowest BCUT2D eigenvalue weighted by Gasteiger charge is -2.29. The highest BCUT2D eigenvalue weighted by molar-refractivity contribution is 5.86. The van der Waals surface area contributed by atoms with E-state index in [4.69, 9.17) is 23.7 Å². The molecular weight excluding hydrogens is 532 g/mol. The zero-order chi connectivity index (χ0) is 29.3. The molecule has 2 saturated heterocycles. The molecule has 3 atom stereocenters. The van der Waals surface area contributed by atoms with Crippen LogP contribution in [0.15, 0.2) is 48.5 Å². The summed E-state index contributed by atoms with van der Waals surface area (Å²) < 4.78 is 27.1. The molecule has 3 fully saturated rings. The van der Waals surface area contributed by atoms with Crippen LogP contribution in [-0.4, -0.2) is 50.1 Å². The Bertz CT molecular complexity index is 1110. The van der Waals surface area contributed by atoms with Gasteiger partial charge in [0.2, 0.25) is 0 Å². The van der Waals surface area contributed by atoms with Gasteiger partial charge in [-0.1, -0.05) is 80.6 Å². The number of unbranched alkanes of at least 4 members (excludes halogenated alkanes) is 3. The quantitative estimate of drug-likeness (QED) is 0.132. The van der Waals surface area contributed by atoms with Gasteiger partial charge in [-0.15, -0.1) is 0 Å². The molecule has 0 aromatic heterocycles. The molecule has 3 aliphatic rings. The minimum Gasteiger partial charge on any atom is -0.464 e. The van der Waals surface area contributed by atoms with Crippen LogP contribution in [0, 0.1) is 5.92 Å². The zero-order valence-corrected chi connectivity index (χ0v) is 25.1. The summed E-state index contributed by atoms with van der Waals surface area (Å²) in [5.74, 6) is 0.300. The highest BCUT2D eigenvalue weighted by Crippen LogP contribution is 2.39. The first kappa shape index (κ1) is 30.7. The van der Waals surface area contributed by atoms with Crippen molar-refractivity contribution in [1.29, 1.82) is 0 Å². The van der Waals surface area contributed by atoms with E-state index in [2.05, 4.69) is 24.3 Å². The Hall–Kier alpha value is -2.74. The fourth-order valence-corrected chi connectivity index (χ4v) is 6.36. The molecule has 0 radical (unpaired) electrons. The van der Waals surface area contributed by atoms with E-state index in [9.17, 15) is 9.59 Å². The normalized spacial score (nSPS) is 25.7. The first-order valence-corrected chi connectivity index (χ1v) is 16.0. The van der Waals surface area contributed by atoms with Crippen molar-refractivity contribution >= 4 is 11.9 Å². The molecule has 2 aromatic rings. The average molecular weight is 579 g/mol. The standard InChI is InChI=1S/C35H46O7/c1-3-38-33(36)31-32(34(37)39-4-2)42-35(41-31)29-21-19-28(20-22-29)27-17-15-26(16-18-27)25-13-11-24(12-14-25)9-7-5-6-8-10-30-23-40-30/h15-22,24-25,30-32,35H,3-14,23H2,1-2H3/t24?,25?,30?,31-,32-/m1/s1. The van der Waals surface area contributed by atoms with Crippen molar-refractivity contribution in [2.45, 2.75) is 109 Å². The zero-order valence-electron chi connectivity index (χ0n) is 25.1. The van der Waals surface area contributed by atoms with Crippen molar-refractivity contribution in [2.75, 3.05) is 19.8 Å². The molecule has 1 unspecified atom stereocenters. The Balaban J connectivity index is 1.10. The SMILES string of the molecule is CCOC(=O)[C@@H]1OC(c2ccc(-c3ccc(C4CCC(CCCCCCC5CO5)CC4)cc3)cc2)O[C@H]1C(=O)OCC. The summed E-state index contributed by atoms with van der Waals surface area (Å²) in [5, 5.41) is 0. The monoisotopic (exact) mass is 578 g/mol. The molecule has 0 bridgehead atoms. The third-order valence-corrected chi connectivity index (χ3v) is 8.89. The number of carbonyl (C=O) groups is 2. The van der Waals surface area contributed by atoms with Crippen LogP contribution in [0.4, 0.5) is 0 Å². The number of ether oxygens (including phenoxy) is 5.